The third-order valence-electron chi connectivity index (χ3n) is 5.21. The second kappa shape index (κ2) is 6.58. The average Bonchev–Trinajstić information content (AvgIpc) is 3.22. The summed E-state index contributed by atoms with van der Waals surface area (Å²) in [5.74, 6) is 0.445. The lowest BCUT2D eigenvalue weighted by Gasteiger charge is -2.53. The number of nitrogens with zero attached hydrogens (tertiary/aromatic N) is 2. The number of allylic oxidation sites excluding steroid dienone is 2. The molecule has 2 fully saturated rings. The molecule has 24 heavy (non-hydrogen) atoms. The second-order valence-electron chi connectivity index (χ2n) is 7.15. The van der Waals surface area contributed by atoms with Crippen LogP contribution in [0.2, 0.25) is 0 Å². The monoisotopic (exact) mass is 348 g/mol. The Morgan fingerprint density at radius 1 is 1.46 bits per heavy atom. The minimum atomic E-state index is -0.178. The number of carbonyl (C=O) groups is 1. The molecule has 2 aliphatic heterocycles. The van der Waals surface area contributed by atoms with Gasteiger partial charge in [0.05, 0.1) is 36.5 Å². The van der Waals surface area contributed by atoms with Crippen LogP contribution in [0, 0.1) is 12.8 Å². The molecule has 5 nitrogen and oxygen atoms in total. The van der Waals surface area contributed by atoms with E-state index >= 15 is 0 Å². The molecule has 1 aromatic rings. The number of aryl methyl sites for hydroxylation is 1. The van der Waals surface area contributed by atoms with Gasteiger partial charge in [0.15, 0.2) is 0 Å². The summed E-state index contributed by atoms with van der Waals surface area (Å²) >= 11 is 1.66. The van der Waals surface area contributed by atoms with Crippen LogP contribution in [0.3, 0.4) is 0 Å². The topological polar surface area (TPSA) is 51.7 Å². The van der Waals surface area contributed by atoms with E-state index in [0.717, 1.165) is 49.5 Å². The summed E-state index contributed by atoms with van der Waals surface area (Å²) in [6, 6.07) is 0. The van der Waals surface area contributed by atoms with Crippen LogP contribution in [0.4, 0.5) is 0 Å². The van der Waals surface area contributed by atoms with E-state index in [1.165, 1.54) is 0 Å². The van der Waals surface area contributed by atoms with Crippen molar-refractivity contribution in [3.63, 3.8) is 0 Å². The summed E-state index contributed by atoms with van der Waals surface area (Å²) in [7, 11) is 0. The quantitative estimate of drug-likeness (QED) is 0.785. The van der Waals surface area contributed by atoms with Crippen molar-refractivity contribution in [2.75, 3.05) is 19.7 Å². The Morgan fingerprint density at radius 3 is 2.96 bits per heavy atom. The number of likely N-dealkylation sites (tertiary alicyclic amines) is 1. The van der Waals surface area contributed by atoms with E-state index in [-0.39, 0.29) is 23.5 Å². The molecule has 3 heterocycles. The minimum absolute atomic E-state index is 0.158. The SMILES string of the molecule is Cc1nc(COC2CCOC3(C2)CN(C(=O)C2CC=CC2)C3)cs1. The van der Waals surface area contributed by atoms with Crippen molar-refractivity contribution in [3.8, 4) is 0 Å². The van der Waals surface area contributed by atoms with Crippen LogP contribution in [0.25, 0.3) is 0 Å². The van der Waals surface area contributed by atoms with Crippen LogP contribution in [-0.2, 0) is 20.9 Å². The van der Waals surface area contributed by atoms with E-state index < -0.39 is 0 Å². The van der Waals surface area contributed by atoms with Gasteiger partial charge in [0, 0.05) is 24.3 Å². The lowest BCUT2D eigenvalue weighted by atomic mass is 9.83. The first kappa shape index (κ1) is 16.2. The molecule has 130 valence electrons. The normalized spacial score (nSPS) is 26.0. The van der Waals surface area contributed by atoms with Gasteiger partial charge in [0.1, 0.15) is 5.60 Å². The van der Waals surface area contributed by atoms with E-state index in [2.05, 4.69) is 22.5 Å². The molecule has 0 bridgehead atoms. The highest BCUT2D eigenvalue weighted by Gasteiger charge is 2.50. The third-order valence-corrected chi connectivity index (χ3v) is 6.03. The van der Waals surface area contributed by atoms with Gasteiger partial charge in [-0.25, -0.2) is 4.98 Å². The van der Waals surface area contributed by atoms with Crippen molar-refractivity contribution in [3.05, 3.63) is 28.2 Å². The van der Waals surface area contributed by atoms with Gasteiger partial charge in [0.25, 0.3) is 0 Å². The number of amides is 1. The Balaban J connectivity index is 1.27. The molecule has 1 atom stereocenters. The van der Waals surface area contributed by atoms with E-state index in [1.54, 1.807) is 11.3 Å². The van der Waals surface area contributed by atoms with Gasteiger partial charge in [-0.05, 0) is 26.2 Å². The molecule has 0 aromatic carbocycles. The summed E-state index contributed by atoms with van der Waals surface area (Å²) in [5, 5.41) is 3.13. The summed E-state index contributed by atoms with van der Waals surface area (Å²) in [4.78, 5) is 18.9. The summed E-state index contributed by atoms with van der Waals surface area (Å²) in [5.41, 5.74) is 0.833. The largest absolute Gasteiger partial charge is 0.372 e. The number of hydrogen-bond donors (Lipinski definition) is 0. The third kappa shape index (κ3) is 3.27. The van der Waals surface area contributed by atoms with Gasteiger partial charge in [-0.15, -0.1) is 11.3 Å². The molecule has 1 aromatic heterocycles. The van der Waals surface area contributed by atoms with Crippen LogP contribution >= 0.6 is 11.3 Å². The first-order chi connectivity index (χ1) is 11.6. The van der Waals surface area contributed by atoms with Crippen molar-refractivity contribution in [2.24, 2.45) is 5.92 Å². The molecule has 6 heteroatoms. The number of hydrogen-bond acceptors (Lipinski definition) is 5. The van der Waals surface area contributed by atoms with Gasteiger partial charge < -0.3 is 14.4 Å². The van der Waals surface area contributed by atoms with Gasteiger partial charge >= 0.3 is 0 Å². The summed E-state index contributed by atoms with van der Waals surface area (Å²) in [6.45, 7) is 4.74. The standard InChI is InChI=1S/C18H24N2O3S/c1-13-19-15(10-24-13)9-22-16-6-7-23-18(8-16)11-20(12-18)17(21)14-4-2-3-5-14/h2-3,10,14,16H,4-9,11-12H2,1H3. The summed E-state index contributed by atoms with van der Waals surface area (Å²) < 4.78 is 12.1. The van der Waals surface area contributed by atoms with Crippen LogP contribution < -0.4 is 0 Å². The maximum atomic E-state index is 12.4. The Kier molecular flexibility index (Phi) is 4.45. The molecule has 1 aliphatic carbocycles. The van der Waals surface area contributed by atoms with Crippen molar-refractivity contribution in [1.82, 2.24) is 9.88 Å². The zero-order chi connectivity index (χ0) is 16.6. The van der Waals surface area contributed by atoms with Gasteiger partial charge in [-0.1, -0.05) is 12.2 Å². The lowest BCUT2D eigenvalue weighted by Crippen LogP contribution is -2.68. The highest BCUT2D eigenvalue weighted by atomic mass is 32.1. The lowest BCUT2D eigenvalue weighted by molar-refractivity contribution is -0.204. The van der Waals surface area contributed by atoms with Crippen molar-refractivity contribution >= 4 is 17.2 Å². The second-order valence-corrected chi connectivity index (χ2v) is 8.21. The number of ether oxygens (including phenoxy) is 2. The Bertz CT molecular complexity index is 628. The maximum absolute atomic E-state index is 12.4. The molecule has 0 saturated carbocycles. The number of thiazole rings is 1. The van der Waals surface area contributed by atoms with Gasteiger partial charge in [-0.3, -0.25) is 4.79 Å². The van der Waals surface area contributed by atoms with E-state index in [4.69, 9.17) is 9.47 Å². The fourth-order valence-corrected chi connectivity index (χ4v) is 4.50. The predicted octanol–water partition coefficient (Wildman–Crippen LogP) is 2.69. The van der Waals surface area contributed by atoms with Crippen LogP contribution in [0.15, 0.2) is 17.5 Å². The van der Waals surface area contributed by atoms with E-state index in [1.807, 2.05) is 11.8 Å². The van der Waals surface area contributed by atoms with Crippen molar-refractivity contribution in [2.45, 2.75) is 50.9 Å². The number of aromatic nitrogens is 1. The summed E-state index contributed by atoms with van der Waals surface area (Å²) in [6.07, 6.45) is 8.00. The van der Waals surface area contributed by atoms with Crippen LogP contribution in [0.5, 0.6) is 0 Å². The highest BCUT2D eigenvalue weighted by Crippen LogP contribution is 2.37. The van der Waals surface area contributed by atoms with E-state index in [0.29, 0.717) is 13.2 Å². The molecule has 0 radical (unpaired) electrons. The molecular weight excluding hydrogens is 324 g/mol. The smallest absolute Gasteiger partial charge is 0.226 e. The first-order valence-electron chi connectivity index (χ1n) is 8.74. The zero-order valence-electron chi connectivity index (χ0n) is 14.1. The molecule has 1 amide bonds. The molecule has 2 saturated heterocycles. The molecule has 0 N–H and O–H groups in total. The van der Waals surface area contributed by atoms with Gasteiger partial charge in [-0.2, -0.15) is 0 Å². The molecule has 1 unspecified atom stereocenters. The molecule has 4 rings (SSSR count). The van der Waals surface area contributed by atoms with E-state index in [9.17, 15) is 4.79 Å². The van der Waals surface area contributed by atoms with Crippen LogP contribution in [0.1, 0.15) is 36.4 Å². The van der Waals surface area contributed by atoms with Crippen molar-refractivity contribution in [1.29, 1.82) is 0 Å². The molecule has 3 aliphatic rings. The Labute approximate surface area is 146 Å². The maximum Gasteiger partial charge on any atom is 0.226 e. The minimum Gasteiger partial charge on any atom is -0.372 e. The van der Waals surface area contributed by atoms with Crippen LogP contribution in [-0.4, -0.2) is 47.2 Å². The molecule has 1 spiro atoms. The zero-order valence-corrected chi connectivity index (χ0v) is 14.9. The van der Waals surface area contributed by atoms with Crippen molar-refractivity contribution < 1.29 is 14.3 Å². The molecular formula is C18H24N2O3S. The number of rotatable bonds is 4. The highest BCUT2D eigenvalue weighted by molar-refractivity contribution is 7.09. The average molecular weight is 348 g/mol. The Hall–Kier alpha value is -1.24. The number of carbonyl (C=O) groups excluding carboxylic acids is 1. The fraction of sp³-hybridized carbons (Fsp3) is 0.667. The fourth-order valence-electron chi connectivity index (χ4n) is 3.91. The van der Waals surface area contributed by atoms with Gasteiger partial charge in [0.2, 0.25) is 5.91 Å². The first-order valence-corrected chi connectivity index (χ1v) is 9.62. The Morgan fingerprint density at radius 2 is 2.25 bits per heavy atom. The predicted molar refractivity (Wildman–Crippen MR) is 91.8 cm³/mol.